The average Bonchev–Trinajstić information content (AvgIpc) is 2.73. The molecule has 0 aliphatic heterocycles. The van der Waals surface area contributed by atoms with Crippen LogP contribution in [-0.2, 0) is 12.8 Å². The first-order valence-electron chi connectivity index (χ1n) is 8.87. The molecule has 30 heavy (non-hydrogen) atoms. The molecule has 0 aliphatic carbocycles. The Bertz CT molecular complexity index is 1010. The molecule has 0 radical (unpaired) electrons. The SMILES string of the molecule is COc1cc(C=NNc2ccc(C(F)(F)F)cc2)cc(Br)c1OCc1ccccc1. The van der Waals surface area contributed by atoms with E-state index in [-0.39, 0.29) is 0 Å². The van der Waals surface area contributed by atoms with Gasteiger partial charge in [0.2, 0.25) is 0 Å². The smallest absolute Gasteiger partial charge is 0.416 e. The third kappa shape index (κ3) is 5.76. The molecule has 3 rings (SSSR count). The van der Waals surface area contributed by atoms with Crippen LogP contribution in [0.2, 0.25) is 0 Å². The second-order valence-corrected chi connectivity index (χ2v) is 7.11. The van der Waals surface area contributed by atoms with Gasteiger partial charge in [0.05, 0.1) is 29.0 Å². The van der Waals surface area contributed by atoms with E-state index in [9.17, 15) is 13.2 Å². The molecule has 0 saturated carbocycles. The summed E-state index contributed by atoms with van der Waals surface area (Å²) in [5.74, 6) is 1.09. The molecular weight excluding hydrogens is 461 g/mol. The van der Waals surface area contributed by atoms with E-state index < -0.39 is 11.7 Å². The monoisotopic (exact) mass is 478 g/mol. The van der Waals surface area contributed by atoms with E-state index in [1.165, 1.54) is 18.3 Å². The van der Waals surface area contributed by atoms with Gasteiger partial charge in [-0.3, -0.25) is 5.43 Å². The van der Waals surface area contributed by atoms with Crippen molar-refractivity contribution in [2.75, 3.05) is 12.5 Å². The van der Waals surface area contributed by atoms with Crippen molar-refractivity contribution in [2.45, 2.75) is 12.8 Å². The fourth-order valence-electron chi connectivity index (χ4n) is 2.60. The first-order chi connectivity index (χ1) is 14.4. The Morgan fingerprint density at radius 3 is 2.37 bits per heavy atom. The predicted molar refractivity (Wildman–Crippen MR) is 114 cm³/mol. The van der Waals surface area contributed by atoms with E-state index in [0.29, 0.717) is 33.8 Å². The summed E-state index contributed by atoms with van der Waals surface area (Å²) in [4.78, 5) is 0. The zero-order valence-corrected chi connectivity index (χ0v) is 17.5. The number of hydrogen-bond acceptors (Lipinski definition) is 4. The number of methoxy groups -OCH3 is 1. The van der Waals surface area contributed by atoms with E-state index in [0.717, 1.165) is 17.7 Å². The number of nitrogens with one attached hydrogen (secondary N) is 1. The Balaban J connectivity index is 1.68. The van der Waals surface area contributed by atoms with Crippen LogP contribution in [0.4, 0.5) is 18.9 Å². The molecule has 0 aromatic heterocycles. The van der Waals surface area contributed by atoms with E-state index in [1.54, 1.807) is 19.2 Å². The highest BCUT2D eigenvalue weighted by Crippen LogP contribution is 2.37. The number of halogens is 4. The van der Waals surface area contributed by atoms with Crippen molar-refractivity contribution in [1.82, 2.24) is 0 Å². The molecule has 3 aromatic carbocycles. The van der Waals surface area contributed by atoms with Crippen LogP contribution >= 0.6 is 15.9 Å². The summed E-state index contributed by atoms with van der Waals surface area (Å²) in [5, 5.41) is 4.07. The number of alkyl halides is 3. The van der Waals surface area contributed by atoms with Crippen molar-refractivity contribution in [2.24, 2.45) is 5.10 Å². The van der Waals surface area contributed by atoms with Crippen LogP contribution in [0.1, 0.15) is 16.7 Å². The summed E-state index contributed by atoms with van der Waals surface area (Å²) in [6, 6.07) is 17.9. The molecule has 156 valence electrons. The Kier molecular flexibility index (Phi) is 6.99. The summed E-state index contributed by atoms with van der Waals surface area (Å²) < 4.78 is 49.8. The minimum absolute atomic E-state index is 0.388. The Morgan fingerprint density at radius 2 is 1.73 bits per heavy atom. The quantitative estimate of drug-likeness (QED) is 0.311. The van der Waals surface area contributed by atoms with Crippen molar-refractivity contribution in [3.8, 4) is 11.5 Å². The van der Waals surface area contributed by atoms with Gasteiger partial charge in [-0.2, -0.15) is 18.3 Å². The maximum atomic E-state index is 12.6. The lowest BCUT2D eigenvalue weighted by Gasteiger charge is -2.13. The van der Waals surface area contributed by atoms with E-state index >= 15 is 0 Å². The molecule has 0 amide bonds. The standard InChI is InChI=1S/C22H18BrF3N2O2/c1-29-20-12-16(11-19(23)21(20)30-14-15-5-3-2-4-6-15)13-27-28-18-9-7-17(8-10-18)22(24,25)26/h2-13,28H,14H2,1H3. The zero-order chi connectivity index (χ0) is 21.6. The minimum atomic E-state index is -4.37. The molecule has 0 saturated heterocycles. The van der Waals surface area contributed by atoms with Gasteiger partial charge >= 0.3 is 6.18 Å². The molecule has 1 N–H and O–H groups in total. The van der Waals surface area contributed by atoms with E-state index in [1.807, 2.05) is 30.3 Å². The van der Waals surface area contributed by atoms with E-state index in [4.69, 9.17) is 9.47 Å². The molecule has 4 nitrogen and oxygen atoms in total. The maximum absolute atomic E-state index is 12.6. The second kappa shape index (κ2) is 9.67. The molecule has 8 heteroatoms. The first kappa shape index (κ1) is 21.7. The van der Waals surface area contributed by atoms with Gasteiger partial charge in [-0.15, -0.1) is 0 Å². The third-order valence-electron chi connectivity index (χ3n) is 4.10. The van der Waals surface area contributed by atoms with Gasteiger partial charge < -0.3 is 9.47 Å². The molecule has 0 unspecified atom stereocenters. The predicted octanol–water partition coefficient (Wildman–Crippen LogP) is 6.50. The van der Waals surface area contributed by atoms with Gasteiger partial charge in [-0.25, -0.2) is 0 Å². The van der Waals surface area contributed by atoms with Crippen molar-refractivity contribution in [3.05, 3.63) is 87.9 Å². The van der Waals surface area contributed by atoms with Crippen LogP contribution in [0, 0.1) is 0 Å². The summed E-state index contributed by atoms with van der Waals surface area (Å²) in [6.07, 6.45) is -2.83. The van der Waals surface area contributed by atoms with Crippen LogP contribution < -0.4 is 14.9 Å². The van der Waals surface area contributed by atoms with Crippen LogP contribution in [0.5, 0.6) is 11.5 Å². The summed E-state index contributed by atoms with van der Waals surface area (Å²) in [6.45, 7) is 0.388. The van der Waals surface area contributed by atoms with Crippen LogP contribution in [0.15, 0.2) is 76.3 Å². The van der Waals surface area contributed by atoms with Gasteiger partial charge in [0, 0.05) is 0 Å². The third-order valence-corrected chi connectivity index (χ3v) is 4.69. The number of hydrazone groups is 1. The van der Waals surface area contributed by atoms with Crippen molar-refractivity contribution in [3.63, 3.8) is 0 Å². The molecule has 0 aliphatic rings. The summed E-state index contributed by atoms with van der Waals surface area (Å²) >= 11 is 3.48. The normalized spacial score (nSPS) is 11.5. The molecule has 3 aromatic rings. The Labute approximate surface area is 180 Å². The molecule has 0 bridgehead atoms. The van der Waals surface area contributed by atoms with Gasteiger partial charge in [0.15, 0.2) is 11.5 Å². The first-order valence-corrected chi connectivity index (χ1v) is 9.66. The molecule has 0 atom stereocenters. The van der Waals surface area contributed by atoms with E-state index in [2.05, 4.69) is 26.5 Å². The number of anilines is 1. The topological polar surface area (TPSA) is 42.8 Å². The highest BCUT2D eigenvalue weighted by molar-refractivity contribution is 9.10. The second-order valence-electron chi connectivity index (χ2n) is 6.25. The van der Waals surface area contributed by atoms with Crippen LogP contribution in [0.25, 0.3) is 0 Å². The van der Waals surface area contributed by atoms with Crippen molar-refractivity contribution >= 4 is 27.8 Å². The number of benzene rings is 3. The maximum Gasteiger partial charge on any atom is 0.416 e. The van der Waals surface area contributed by atoms with Crippen LogP contribution in [0.3, 0.4) is 0 Å². The highest BCUT2D eigenvalue weighted by atomic mass is 79.9. The highest BCUT2D eigenvalue weighted by Gasteiger charge is 2.29. The molecule has 0 spiro atoms. The molecule has 0 heterocycles. The minimum Gasteiger partial charge on any atom is -0.493 e. The summed E-state index contributed by atoms with van der Waals surface area (Å²) in [5.41, 5.74) is 4.17. The van der Waals surface area contributed by atoms with Crippen molar-refractivity contribution < 1.29 is 22.6 Å². The fraction of sp³-hybridized carbons (Fsp3) is 0.136. The zero-order valence-electron chi connectivity index (χ0n) is 15.9. The lowest BCUT2D eigenvalue weighted by molar-refractivity contribution is -0.137. The fourth-order valence-corrected chi connectivity index (χ4v) is 3.17. The number of rotatable bonds is 7. The number of ether oxygens (including phenoxy) is 2. The molecular formula is C22H18BrF3N2O2. The lowest BCUT2D eigenvalue weighted by atomic mass is 10.2. The van der Waals surface area contributed by atoms with Crippen LogP contribution in [-0.4, -0.2) is 13.3 Å². The Hall–Kier alpha value is -3.00. The average molecular weight is 479 g/mol. The Morgan fingerprint density at radius 1 is 1.03 bits per heavy atom. The van der Waals surface area contributed by atoms with Crippen molar-refractivity contribution in [1.29, 1.82) is 0 Å². The largest absolute Gasteiger partial charge is 0.493 e. The van der Waals surface area contributed by atoms with Gasteiger partial charge in [-0.1, -0.05) is 30.3 Å². The number of hydrogen-bond donors (Lipinski definition) is 1. The van der Waals surface area contributed by atoms with Gasteiger partial charge in [0.25, 0.3) is 0 Å². The number of nitrogens with zero attached hydrogens (tertiary/aromatic N) is 1. The van der Waals surface area contributed by atoms with Gasteiger partial charge in [-0.05, 0) is 63.5 Å². The van der Waals surface area contributed by atoms with Gasteiger partial charge in [0.1, 0.15) is 6.61 Å². The molecule has 0 fully saturated rings. The lowest BCUT2D eigenvalue weighted by Crippen LogP contribution is -2.04. The summed E-state index contributed by atoms with van der Waals surface area (Å²) in [7, 11) is 1.54.